The molecule has 0 atom stereocenters. The molecule has 0 fully saturated rings. The number of hydrazone groups is 1. The Morgan fingerprint density at radius 3 is 2.11 bits per heavy atom. The third kappa shape index (κ3) is 4.09. The lowest BCUT2D eigenvalue weighted by Crippen LogP contribution is -2.06. The molecule has 0 spiro atoms. The number of nitrogens with one attached hydrogen (secondary N) is 1. The van der Waals surface area contributed by atoms with Crippen molar-refractivity contribution in [3.05, 3.63) is 27.7 Å². The Bertz CT molecular complexity index is 450. The molecule has 0 aliphatic rings. The van der Waals surface area contributed by atoms with E-state index >= 15 is 0 Å². The Hall–Kier alpha value is -0.360. The molecule has 18 heavy (non-hydrogen) atoms. The fraction of sp³-hybridized carbons (Fsp3) is 0.222. The Balaban J connectivity index is 3.10. The molecule has 100 valence electrons. The van der Waals surface area contributed by atoms with Gasteiger partial charge in [-0.3, -0.25) is 5.43 Å². The molecule has 1 N–H and O–H groups in total. The van der Waals surface area contributed by atoms with Crippen molar-refractivity contribution in [2.24, 2.45) is 5.10 Å². The molecule has 0 bridgehead atoms. The monoisotopic (exact) mass is 338 g/mol. The predicted octanol–water partition coefficient (Wildman–Crippen LogP) is 5.22. The van der Waals surface area contributed by atoms with Crippen molar-refractivity contribution in [3.8, 4) is 0 Å². The van der Waals surface area contributed by atoms with Crippen LogP contribution in [0.5, 0.6) is 0 Å². The minimum absolute atomic E-state index is 0.0173. The van der Waals surface area contributed by atoms with Crippen LogP contribution in [0.1, 0.15) is 5.56 Å². The third-order valence-electron chi connectivity index (χ3n) is 1.77. The van der Waals surface area contributed by atoms with Gasteiger partial charge in [-0.15, -0.1) is 11.6 Å². The maximum absolute atomic E-state index is 12.4. The number of anilines is 1. The molecule has 0 aliphatic carbocycles. The molecule has 1 rings (SSSR count). The molecule has 9 heteroatoms. The van der Waals surface area contributed by atoms with Gasteiger partial charge in [-0.05, 0) is 12.1 Å². The second kappa shape index (κ2) is 6.19. The van der Waals surface area contributed by atoms with Crippen LogP contribution in [0.4, 0.5) is 18.9 Å². The third-order valence-corrected chi connectivity index (χ3v) is 2.97. The Kier molecular flexibility index (Phi) is 5.40. The minimum Gasteiger partial charge on any atom is -0.274 e. The van der Waals surface area contributed by atoms with E-state index in [-0.39, 0.29) is 26.8 Å². The number of benzene rings is 1. The van der Waals surface area contributed by atoms with E-state index in [0.717, 1.165) is 12.1 Å². The van der Waals surface area contributed by atoms with Gasteiger partial charge in [-0.2, -0.15) is 18.3 Å². The van der Waals surface area contributed by atoms with Crippen molar-refractivity contribution < 1.29 is 13.2 Å². The van der Waals surface area contributed by atoms with Crippen molar-refractivity contribution >= 4 is 57.3 Å². The van der Waals surface area contributed by atoms with E-state index < -0.39 is 11.7 Å². The highest BCUT2D eigenvalue weighted by atomic mass is 35.5. The lowest BCUT2D eigenvalue weighted by Gasteiger charge is -2.11. The molecule has 0 amide bonds. The van der Waals surface area contributed by atoms with Crippen molar-refractivity contribution in [2.75, 3.05) is 11.3 Å². The highest BCUT2D eigenvalue weighted by Gasteiger charge is 2.32. The second-order valence-electron chi connectivity index (χ2n) is 3.05. The summed E-state index contributed by atoms with van der Waals surface area (Å²) in [5, 5.41) is 3.14. The topological polar surface area (TPSA) is 24.4 Å². The highest BCUT2D eigenvalue weighted by molar-refractivity contribution is 6.69. The van der Waals surface area contributed by atoms with Gasteiger partial charge in [0.15, 0.2) is 0 Å². The molecule has 1 aromatic carbocycles. The lowest BCUT2D eigenvalue weighted by molar-refractivity contribution is -0.137. The SMILES string of the molecule is FC(F)(F)c1cc(Cl)c(NN=C(Cl)CCl)c(Cl)c1. The molecule has 0 aliphatic heterocycles. The Morgan fingerprint density at radius 1 is 1.22 bits per heavy atom. The van der Waals surface area contributed by atoms with E-state index in [9.17, 15) is 13.2 Å². The molecule has 0 radical (unpaired) electrons. The molecule has 1 aromatic rings. The van der Waals surface area contributed by atoms with Crippen LogP contribution < -0.4 is 5.43 Å². The Morgan fingerprint density at radius 2 is 1.72 bits per heavy atom. The van der Waals surface area contributed by atoms with Gasteiger partial charge in [0.25, 0.3) is 0 Å². The second-order valence-corrected chi connectivity index (χ2v) is 4.56. The Labute approximate surface area is 121 Å². The number of halogens is 7. The van der Waals surface area contributed by atoms with Crippen molar-refractivity contribution in [3.63, 3.8) is 0 Å². The summed E-state index contributed by atoms with van der Waals surface area (Å²) < 4.78 is 37.3. The first-order chi connectivity index (χ1) is 8.25. The van der Waals surface area contributed by atoms with Gasteiger partial charge in [-0.25, -0.2) is 0 Å². The largest absolute Gasteiger partial charge is 0.416 e. The number of hydrogen-bond acceptors (Lipinski definition) is 2. The van der Waals surface area contributed by atoms with E-state index in [4.69, 9.17) is 46.4 Å². The van der Waals surface area contributed by atoms with Crippen LogP contribution in [-0.2, 0) is 6.18 Å². The first-order valence-electron chi connectivity index (χ1n) is 4.36. The maximum atomic E-state index is 12.4. The van der Waals surface area contributed by atoms with Crippen LogP contribution in [-0.4, -0.2) is 11.1 Å². The summed E-state index contributed by atoms with van der Waals surface area (Å²) >= 11 is 22.2. The molecule has 0 saturated heterocycles. The molecule has 2 nitrogen and oxygen atoms in total. The highest BCUT2D eigenvalue weighted by Crippen LogP contribution is 2.38. The van der Waals surface area contributed by atoms with Gasteiger partial charge in [0.2, 0.25) is 0 Å². The van der Waals surface area contributed by atoms with Crippen LogP contribution in [0.25, 0.3) is 0 Å². The van der Waals surface area contributed by atoms with Gasteiger partial charge in [0, 0.05) is 0 Å². The normalized spacial score (nSPS) is 12.7. The van der Waals surface area contributed by atoms with Crippen LogP contribution in [0.15, 0.2) is 17.2 Å². The number of nitrogens with zero attached hydrogens (tertiary/aromatic N) is 1. The molecule has 0 unspecified atom stereocenters. The zero-order chi connectivity index (χ0) is 13.9. The average molecular weight is 340 g/mol. The summed E-state index contributed by atoms with van der Waals surface area (Å²) in [6, 6.07) is 1.47. The van der Waals surface area contributed by atoms with Gasteiger partial charge in [-0.1, -0.05) is 34.8 Å². The van der Waals surface area contributed by atoms with Gasteiger partial charge in [0.1, 0.15) is 5.17 Å². The summed E-state index contributed by atoms with van der Waals surface area (Å²) in [6.07, 6.45) is -4.52. The van der Waals surface area contributed by atoms with Gasteiger partial charge < -0.3 is 0 Å². The van der Waals surface area contributed by atoms with E-state index in [0.29, 0.717) is 0 Å². The lowest BCUT2D eigenvalue weighted by atomic mass is 10.2. The van der Waals surface area contributed by atoms with E-state index in [1.54, 1.807) is 0 Å². The molecule has 0 heterocycles. The first-order valence-corrected chi connectivity index (χ1v) is 6.03. The van der Waals surface area contributed by atoms with Crippen LogP contribution in [0.3, 0.4) is 0 Å². The molecular formula is C9H5Cl4F3N2. The summed E-state index contributed by atoms with van der Waals surface area (Å²) in [5.41, 5.74) is 1.43. The zero-order valence-corrected chi connectivity index (χ0v) is 11.5. The minimum atomic E-state index is -4.52. The summed E-state index contributed by atoms with van der Waals surface area (Å²) in [4.78, 5) is 0. The van der Waals surface area contributed by atoms with Gasteiger partial charge >= 0.3 is 6.18 Å². The first kappa shape index (κ1) is 15.7. The molecule has 0 aromatic heterocycles. The summed E-state index contributed by atoms with van der Waals surface area (Å²) in [6.45, 7) is 0. The van der Waals surface area contributed by atoms with E-state index in [1.807, 2.05) is 0 Å². The van der Waals surface area contributed by atoms with E-state index in [2.05, 4.69) is 10.5 Å². The smallest absolute Gasteiger partial charge is 0.274 e. The average Bonchev–Trinajstić information content (AvgIpc) is 2.26. The fourth-order valence-corrected chi connectivity index (χ4v) is 1.66. The molecular weight excluding hydrogens is 335 g/mol. The fourth-order valence-electron chi connectivity index (χ4n) is 0.990. The van der Waals surface area contributed by atoms with Gasteiger partial charge in [0.05, 0.1) is 27.2 Å². The zero-order valence-electron chi connectivity index (χ0n) is 8.45. The molecule has 0 saturated carbocycles. The summed E-state index contributed by atoms with van der Waals surface area (Å²) in [5.74, 6) is -0.0512. The van der Waals surface area contributed by atoms with Crippen LogP contribution in [0, 0.1) is 0 Å². The van der Waals surface area contributed by atoms with Crippen LogP contribution in [0.2, 0.25) is 10.0 Å². The van der Waals surface area contributed by atoms with E-state index in [1.165, 1.54) is 0 Å². The maximum Gasteiger partial charge on any atom is 0.416 e. The van der Waals surface area contributed by atoms with Crippen molar-refractivity contribution in [1.29, 1.82) is 0 Å². The standard InChI is InChI=1S/C9H5Cl4F3N2/c10-3-7(13)17-18-8-5(11)1-4(2-6(8)12)9(14,15)16/h1-2,18H,3H2. The predicted molar refractivity (Wildman–Crippen MR) is 69.1 cm³/mol. The van der Waals surface area contributed by atoms with Crippen molar-refractivity contribution in [1.82, 2.24) is 0 Å². The summed E-state index contributed by atoms with van der Waals surface area (Å²) in [7, 11) is 0. The number of hydrogen-bond donors (Lipinski definition) is 1. The number of rotatable bonds is 3. The number of alkyl halides is 4. The van der Waals surface area contributed by atoms with Crippen molar-refractivity contribution in [2.45, 2.75) is 6.18 Å². The quantitative estimate of drug-likeness (QED) is 0.456. The van der Waals surface area contributed by atoms with Crippen LogP contribution >= 0.6 is 46.4 Å².